The normalized spacial score (nSPS) is 10.0. The maximum Gasteiger partial charge on any atom is 0.176 e. The number of carbonyl (C=O) groups is 1. The number of ketones is 1. The van der Waals surface area contributed by atoms with E-state index in [1.54, 1.807) is 13.0 Å². The number of benzene rings is 1. The Morgan fingerprint density at radius 2 is 2.33 bits per heavy atom. The van der Waals surface area contributed by atoms with Crippen LogP contribution in [0.2, 0.25) is 0 Å². The van der Waals surface area contributed by atoms with Crippen LogP contribution in [0.5, 0.6) is 0 Å². The van der Waals surface area contributed by atoms with Crippen LogP contribution >= 0.6 is 0 Å². The van der Waals surface area contributed by atoms with Gasteiger partial charge in [-0.05, 0) is 30.7 Å². The van der Waals surface area contributed by atoms with Crippen LogP contribution in [0.25, 0.3) is 0 Å². The minimum absolute atomic E-state index is 0.0330. The Balaban J connectivity index is 2.69. The highest BCUT2D eigenvalue weighted by atomic mass is 19.1. The molecule has 0 aliphatic rings. The molecule has 0 aromatic heterocycles. The van der Waals surface area contributed by atoms with E-state index in [4.69, 9.17) is 0 Å². The molecule has 1 N–H and O–H groups in total. The summed E-state index contributed by atoms with van der Waals surface area (Å²) >= 11 is 0. The van der Waals surface area contributed by atoms with E-state index in [1.807, 2.05) is 0 Å². The van der Waals surface area contributed by atoms with Crippen LogP contribution in [0.15, 0.2) is 30.9 Å². The molecule has 2 nitrogen and oxygen atoms in total. The third kappa shape index (κ3) is 3.29. The summed E-state index contributed by atoms with van der Waals surface area (Å²) in [4.78, 5) is 11.6. The van der Waals surface area contributed by atoms with E-state index in [1.165, 1.54) is 18.2 Å². The molecular formula is C12H14FNO. The van der Waals surface area contributed by atoms with Gasteiger partial charge in [-0.2, -0.15) is 0 Å². The highest BCUT2D eigenvalue weighted by molar-refractivity contribution is 5.98. The van der Waals surface area contributed by atoms with Crippen LogP contribution in [0.1, 0.15) is 15.9 Å². The Bertz CT molecular complexity index is 374. The first-order valence-electron chi connectivity index (χ1n) is 4.76. The molecule has 0 amide bonds. The van der Waals surface area contributed by atoms with Crippen molar-refractivity contribution in [3.63, 3.8) is 0 Å². The first kappa shape index (κ1) is 11.6. The third-order valence-electron chi connectivity index (χ3n) is 2.06. The minimum atomic E-state index is -0.317. The molecule has 0 bridgehead atoms. The number of halogens is 1. The van der Waals surface area contributed by atoms with Crippen molar-refractivity contribution in [2.24, 2.45) is 0 Å². The molecule has 15 heavy (non-hydrogen) atoms. The fourth-order valence-electron chi connectivity index (χ4n) is 1.32. The molecule has 0 aliphatic carbocycles. The smallest absolute Gasteiger partial charge is 0.176 e. The second-order valence-electron chi connectivity index (χ2n) is 3.30. The van der Waals surface area contributed by atoms with E-state index in [0.717, 1.165) is 0 Å². The van der Waals surface area contributed by atoms with Crippen molar-refractivity contribution >= 4 is 5.78 Å². The number of aryl methyl sites for hydroxylation is 1. The summed E-state index contributed by atoms with van der Waals surface area (Å²) in [6, 6.07) is 4.18. The van der Waals surface area contributed by atoms with E-state index in [-0.39, 0.29) is 18.1 Å². The van der Waals surface area contributed by atoms with Crippen LogP contribution in [0.4, 0.5) is 4.39 Å². The molecule has 80 valence electrons. The Hall–Kier alpha value is -1.48. The lowest BCUT2D eigenvalue weighted by Gasteiger charge is -2.05. The van der Waals surface area contributed by atoms with Gasteiger partial charge in [-0.3, -0.25) is 4.79 Å². The lowest BCUT2D eigenvalue weighted by atomic mass is 10.0. The summed E-state index contributed by atoms with van der Waals surface area (Å²) in [6.07, 6.45) is 1.69. The SMILES string of the molecule is C=CCNCC(=O)c1ccc(F)cc1C. The van der Waals surface area contributed by atoms with Gasteiger partial charge in [0, 0.05) is 12.1 Å². The molecular weight excluding hydrogens is 193 g/mol. The molecule has 0 heterocycles. The number of hydrogen-bond donors (Lipinski definition) is 1. The van der Waals surface area contributed by atoms with Crippen LogP contribution in [-0.2, 0) is 0 Å². The predicted molar refractivity (Wildman–Crippen MR) is 58.5 cm³/mol. The number of Topliss-reactive ketones (excluding diaryl/α,β-unsaturated/α-hetero) is 1. The first-order chi connectivity index (χ1) is 7.15. The Morgan fingerprint density at radius 1 is 1.60 bits per heavy atom. The van der Waals surface area contributed by atoms with Gasteiger partial charge in [0.1, 0.15) is 5.82 Å². The van der Waals surface area contributed by atoms with Gasteiger partial charge >= 0.3 is 0 Å². The molecule has 3 heteroatoms. The standard InChI is InChI=1S/C12H14FNO/c1-3-6-14-8-12(15)11-5-4-10(13)7-9(11)2/h3-5,7,14H,1,6,8H2,2H3. The second kappa shape index (κ2) is 5.41. The topological polar surface area (TPSA) is 29.1 Å². The molecule has 0 radical (unpaired) electrons. The summed E-state index contributed by atoms with van der Waals surface area (Å²) in [5.41, 5.74) is 1.23. The number of nitrogens with one attached hydrogen (secondary N) is 1. The molecule has 0 spiro atoms. The van der Waals surface area contributed by atoms with Crippen molar-refractivity contribution in [2.45, 2.75) is 6.92 Å². The molecule has 0 saturated carbocycles. The molecule has 0 saturated heterocycles. The highest BCUT2D eigenvalue weighted by Crippen LogP contribution is 2.10. The zero-order valence-electron chi connectivity index (χ0n) is 8.72. The summed E-state index contributed by atoms with van der Waals surface area (Å²) in [5, 5.41) is 2.91. The van der Waals surface area contributed by atoms with Crippen molar-refractivity contribution in [1.29, 1.82) is 0 Å². The molecule has 0 fully saturated rings. The van der Waals surface area contributed by atoms with Gasteiger partial charge in [0.2, 0.25) is 0 Å². The van der Waals surface area contributed by atoms with Gasteiger partial charge in [0.15, 0.2) is 5.78 Å². The first-order valence-corrected chi connectivity index (χ1v) is 4.76. The van der Waals surface area contributed by atoms with Crippen LogP contribution in [0.3, 0.4) is 0 Å². The fraction of sp³-hybridized carbons (Fsp3) is 0.250. The van der Waals surface area contributed by atoms with Gasteiger partial charge in [-0.1, -0.05) is 6.08 Å². The lowest BCUT2D eigenvalue weighted by molar-refractivity contribution is 0.0991. The van der Waals surface area contributed by atoms with E-state index in [9.17, 15) is 9.18 Å². The average Bonchev–Trinajstić information content (AvgIpc) is 2.17. The van der Waals surface area contributed by atoms with Gasteiger partial charge in [-0.25, -0.2) is 4.39 Å². The van der Waals surface area contributed by atoms with Gasteiger partial charge in [0.05, 0.1) is 6.54 Å². The molecule has 0 aliphatic heterocycles. The van der Waals surface area contributed by atoms with Crippen molar-refractivity contribution < 1.29 is 9.18 Å². The molecule has 0 atom stereocenters. The van der Waals surface area contributed by atoms with E-state index in [0.29, 0.717) is 17.7 Å². The number of hydrogen-bond acceptors (Lipinski definition) is 2. The molecule has 0 unspecified atom stereocenters. The number of rotatable bonds is 5. The summed E-state index contributed by atoms with van der Waals surface area (Å²) in [7, 11) is 0. The quantitative estimate of drug-likeness (QED) is 0.455. The maximum absolute atomic E-state index is 12.8. The predicted octanol–water partition coefficient (Wildman–Crippen LogP) is 2.09. The summed E-state index contributed by atoms with van der Waals surface area (Å²) in [6.45, 7) is 6.10. The second-order valence-corrected chi connectivity index (χ2v) is 3.30. The molecule has 1 aromatic carbocycles. The highest BCUT2D eigenvalue weighted by Gasteiger charge is 2.08. The summed E-state index contributed by atoms with van der Waals surface area (Å²) < 4.78 is 12.8. The third-order valence-corrected chi connectivity index (χ3v) is 2.06. The maximum atomic E-state index is 12.8. The van der Waals surface area contributed by atoms with Crippen molar-refractivity contribution in [3.05, 3.63) is 47.8 Å². The van der Waals surface area contributed by atoms with Gasteiger partial charge in [-0.15, -0.1) is 6.58 Å². The van der Waals surface area contributed by atoms with Crippen LogP contribution < -0.4 is 5.32 Å². The minimum Gasteiger partial charge on any atom is -0.306 e. The molecule has 1 rings (SSSR count). The zero-order chi connectivity index (χ0) is 11.3. The fourth-order valence-corrected chi connectivity index (χ4v) is 1.32. The average molecular weight is 207 g/mol. The Kier molecular flexibility index (Phi) is 4.18. The lowest BCUT2D eigenvalue weighted by Crippen LogP contribution is -2.23. The largest absolute Gasteiger partial charge is 0.306 e. The van der Waals surface area contributed by atoms with Crippen LogP contribution in [0, 0.1) is 12.7 Å². The monoisotopic (exact) mass is 207 g/mol. The Labute approximate surface area is 88.8 Å². The molecule has 1 aromatic rings. The van der Waals surface area contributed by atoms with Crippen LogP contribution in [-0.4, -0.2) is 18.9 Å². The van der Waals surface area contributed by atoms with Gasteiger partial charge in [0.25, 0.3) is 0 Å². The van der Waals surface area contributed by atoms with E-state index < -0.39 is 0 Å². The van der Waals surface area contributed by atoms with Gasteiger partial charge < -0.3 is 5.32 Å². The van der Waals surface area contributed by atoms with Crippen molar-refractivity contribution in [2.75, 3.05) is 13.1 Å². The summed E-state index contributed by atoms with van der Waals surface area (Å²) in [5.74, 6) is -0.350. The van der Waals surface area contributed by atoms with E-state index >= 15 is 0 Å². The van der Waals surface area contributed by atoms with Crippen molar-refractivity contribution in [3.8, 4) is 0 Å². The van der Waals surface area contributed by atoms with E-state index in [2.05, 4.69) is 11.9 Å². The Morgan fingerprint density at radius 3 is 2.93 bits per heavy atom. The zero-order valence-corrected chi connectivity index (χ0v) is 8.72. The van der Waals surface area contributed by atoms with Crippen molar-refractivity contribution in [1.82, 2.24) is 5.32 Å². The number of carbonyl (C=O) groups excluding carboxylic acids is 1.